The summed E-state index contributed by atoms with van der Waals surface area (Å²) in [5.74, 6) is 0.360. The third-order valence-electron chi connectivity index (χ3n) is 4.60. The summed E-state index contributed by atoms with van der Waals surface area (Å²) in [6.45, 7) is 2.44. The molecular weight excluding hydrogens is 338 g/mol. The van der Waals surface area contributed by atoms with E-state index < -0.39 is 15.6 Å². The molecule has 0 saturated heterocycles. The predicted molar refractivity (Wildman–Crippen MR) is 96.4 cm³/mol. The fourth-order valence-corrected chi connectivity index (χ4v) is 4.51. The van der Waals surface area contributed by atoms with Gasteiger partial charge in [0.25, 0.3) is 0 Å². The van der Waals surface area contributed by atoms with Crippen LogP contribution in [0.3, 0.4) is 0 Å². The maximum atomic E-state index is 12.8. The van der Waals surface area contributed by atoms with E-state index in [9.17, 15) is 8.42 Å². The minimum absolute atomic E-state index is 0.151. The molecular formula is C19H23NO4S. The zero-order valence-corrected chi connectivity index (χ0v) is 15.3. The van der Waals surface area contributed by atoms with E-state index in [1.807, 2.05) is 19.1 Å². The Kier molecular flexibility index (Phi) is 5.13. The molecule has 0 amide bonds. The van der Waals surface area contributed by atoms with Crippen LogP contribution >= 0.6 is 0 Å². The summed E-state index contributed by atoms with van der Waals surface area (Å²) in [4.78, 5) is 0.151. The molecule has 6 heteroatoms. The third-order valence-corrected chi connectivity index (χ3v) is 6.04. The Morgan fingerprint density at radius 1 is 1.04 bits per heavy atom. The van der Waals surface area contributed by atoms with Gasteiger partial charge >= 0.3 is 0 Å². The summed E-state index contributed by atoms with van der Waals surface area (Å²) in [6, 6.07) is 14.8. The Bertz CT molecular complexity index is 823. The van der Waals surface area contributed by atoms with Crippen molar-refractivity contribution in [1.29, 1.82) is 0 Å². The average molecular weight is 361 g/mol. The van der Waals surface area contributed by atoms with Crippen LogP contribution in [0.1, 0.15) is 18.1 Å². The van der Waals surface area contributed by atoms with Crippen molar-refractivity contribution in [2.75, 3.05) is 20.3 Å². The first kappa shape index (κ1) is 17.9. The molecule has 0 aliphatic heterocycles. The number of hydrogen-bond acceptors (Lipinski definition) is 4. The van der Waals surface area contributed by atoms with Crippen LogP contribution in [-0.4, -0.2) is 34.3 Å². The van der Waals surface area contributed by atoms with Crippen LogP contribution in [-0.2, 0) is 27.6 Å². The lowest BCUT2D eigenvalue weighted by atomic mass is 10.0. The number of fused-ring (bicyclic) bond motifs is 1. The van der Waals surface area contributed by atoms with Gasteiger partial charge in [0.1, 0.15) is 10.6 Å². The first-order chi connectivity index (χ1) is 12.0. The Hall–Kier alpha value is -1.89. The smallest absolute Gasteiger partial charge is 0.244 e. The monoisotopic (exact) mass is 361 g/mol. The van der Waals surface area contributed by atoms with E-state index in [1.165, 1.54) is 11.1 Å². The third kappa shape index (κ3) is 3.71. The van der Waals surface area contributed by atoms with Crippen molar-refractivity contribution < 1.29 is 17.9 Å². The van der Waals surface area contributed by atoms with Gasteiger partial charge in [0.05, 0.1) is 12.2 Å². The number of hydrogen-bond donors (Lipinski definition) is 1. The molecule has 2 aromatic carbocycles. The van der Waals surface area contributed by atoms with Crippen molar-refractivity contribution in [2.45, 2.75) is 30.3 Å². The minimum Gasteiger partial charge on any atom is -0.492 e. The second-order valence-corrected chi connectivity index (χ2v) is 7.95. The quantitative estimate of drug-likeness (QED) is 0.823. The molecule has 1 aliphatic carbocycles. The number of sulfonamides is 1. The van der Waals surface area contributed by atoms with Gasteiger partial charge in [0.15, 0.2) is 0 Å². The lowest BCUT2D eigenvalue weighted by Crippen LogP contribution is -2.45. The van der Waals surface area contributed by atoms with Crippen LogP contribution in [0, 0.1) is 0 Å². The minimum atomic E-state index is -3.69. The van der Waals surface area contributed by atoms with Gasteiger partial charge in [-0.2, -0.15) is 0 Å². The molecule has 0 atom stereocenters. The van der Waals surface area contributed by atoms with Crippen molar-refractivity contribution in [3.05, 3.63) is 59.7 Å². The Labute approximate surface area is 149 Å². The van der Waals surface area contributed by atoms with E-state index in [-0.39, 0.29) is 11.4 Å². The Morgan fingerprint density at radius 2 is 1.64 bits per heavy atom. The Balaban J connectivity index is 1.79. The highest BCUT2D eigenvalue weighted by Gasteiger charge is 2.38. The van der Waals surface area contributed by atoms with Crippen LogP contribution in [0.2, 0.25) is 0 Å². The van der Waals surface area contributed by atoms with Gasteiger partial charge in [-0.1, -0.05) is 36.4 Å². The number of nitrogens with one attached hydrogen (secondary N) is 1. The summed E-state index contributed by atoms with van der Waals surface area (Å²) < 4.78 is 39.4. The summed E-state index contributed by atoms with van der Waals surface area (Å²) in [5.41, 5.74) is 1.86. The molecule has 25 heavy (non-hydrogen) atoms. The Morgan fingerprint density at radius 3 is 2.24 bits per heavy atom. The van der Waals surface area contributed by atoms with Crippen molar-refractivity contribution in [3.63, 3.8) is 0 Å². The molecule has 1 aliphatic rings. The van der Waals surface area contributed by atoms with Gasteiger partial charge in [-0.3, -0.25) is 0 Å². The molecule has 0 radical (unpaired) electrons. The predicted octanol–water partition coefficient (Wildman–Crippen LogP) is 2.55. The largest absolute Gasteiger partial charge is 0.492 e. The number of methoxy groups -OCH3 is 1. The van der Waals surface area contributed by atoms with Gasteiger partial charge < -0.3 is 9.47 Å². The van der Waals surface area contributed by atoms with Crippen molar-refractivity contribution in [1.82, 2.24) is 4.72 Å². The van der Waals surface area contributed by atoms with Gasteiger partial charge in [-0.15, -0.1) is 0 Å². The van der Waals surface area contributed by atoms with Crippen molar-refractivity contribution in [3.8, 4) is 5.75 Å². The number of ether oxygens (including phenoxy) is 2. The maximum absolute atomic E-state index is 12.8. The maximum Gasteiger partial charge on any atom is 0.244 e. The lowest BCUT2D eigenvalue weighted by molar-refractivity contribution is 0.00377. The fraction of sp³-hybridized carbons (Fsp3) is 0.368. The van der Waals surface area contributed by atoms with E-state index >= 15 is 0 Å². The molecule has 0 bridgehead atoms. The molecule has 5 nitrogen and oxygen atoms in total. The highest BCUT2D eigenvalue weighted by Crippen LogP contribution is 2.32. The molecule has 0 saturated carbocycles. The molecule has 0 aromatic heterocycles. The average Bonchev–Trinajstić information content (AvgIpc) is 3.00. The van der Waals surface area contributed by atoms with Gasteiger partial charge in [0.2, 0.25) is 10.0 Å². The molecule has 3 rings (SSSR count). The van der Waals surface area contributed by atoms with Gasteiger partial charge in [-0.25, -0.2) is 13.1 Å². The van der Waals surface area contributed by atoms with E-state index in [4.69, 9.17) is 9.47 Å². The van der Waals surface area contributed by atoms with Crippen LogP contribution < -0.4 is 9.46 Å². The highest BCUT2D eigenvalue weighted by molar-refractivity contribution is 7.89. The molecule has 0 fully saturated rings. The fourth-order valence-electron chi connectivity index (χ4n) is 3.25. The first-order valence-electron chi connectivity index (χ1n) is 8.33. The van der Waals surface area contributed by atoms with E-state index in [0.29, 0.717) is 25.2 Å². The molecule has 0 spiro atoms. The number of benzene rings is 2. The normalized spacial score (nSPS) is 15.8. The standard InChI is InChI=1S/C19H23NO4S/c1-3-24-17-10-6-7-11-18(17)25(21,22)20-14-19(23-2)12-15-8-4-5-9-16(15)13-19/h4-11,20H,3,12-14H2,1-2H3. The number of rotatable bonds is 7. The molecule has 134 valence electrons. The van der Waals surface area contributed by atoms with Crippen molar-refractivity contribution >= 4 is 10.0 Å². The van der Waals surface area contributed by atoms with E-state index in [2.05, 4.69) is 16.9 Å². The molecule has 0 unspecified atom stereocenters. The zero-order valence-electron chi connectivity index (χ0n) is 14.5. The highest BCUT2D eigenvalue weighted by atomic mass is 32.2. The summed E-state index contributed by atoms with van der Waals surface area (Å²) >= 11 is 0. The van der Waals surface area contributed by atoms with Gasteiger partial charge in [0, 0.05) is 26.5 Å². The van der Waals surface area contributed by atoms with Gasteiger partial charge in [-0.05, 0) is 30.2 Å². The first-order valence-corrected chi connectivity index (χ1v) is 9.81. The zero-order chi connectivity index (χ0) is 17.9. The molecule has 2 aromatic rings. The SMILES string of the molecule is CCOc1ccccc1S(=O)(=O)NCC1(OC)Cc2ccccc2C1. The van der Waals surface area contributed by atoms with Crippen LogP contribution in [0.4, 0.5) is 0 Å². The van der Waals surface area contributed by atoms with E-state index in [0.717, 1.165) is 0 Å². The topological polar surface area (TPSA) is 64.6 Å². The number of para-hydroxylation sites is 1. The molecule has 0 heterocycles. The van der Waals surface area contributed by atoms with Crippen LogP contribution in [0.5, 0.6) is 5.75 Å². The van der Waals surface area contributed by atoms with Crippen LogP contribution in [0.15, 0.2) is 53.4 Å². The summed E-state index contributed by atoms with van der Waals surface area (Å²) in [5, 5.41) is 0. The van der Waals surface area contributed by atoms with E-state index in [1.54, 1.807) is 31.4 Å². The second-order valence-electron chi connectivity index (χ2n) is 6.21. The van der Waals surface area contributed by atoms with Crippen LogP contribution in [0.25, 0.3) is 0 Å². The lowest BCUT2D eigenvalue weighted by Gasteiger charge is -2.27. The van der Waals surface area contributed by atoms with Crippen molar-refractivity contribution in [2.24, 2.45) is 0 Å². The summed E-state index contributed by atoms with van der Waals surface area (Å²) in [6.07, 6.45) is 1.38. The molecule has 1 N–H and O–H groups in total. The second kappa shape index (κ2) is 7.15. The summed E-state index contributed by atoms with van der Waals surface area (Å²) in [7, 11) is -2.06.